The summed E-state index contributed by atoms with van der Waals surface area (Å²) in [5.41, 5.74) is 13.3. The molecule has 1 saturated heterocycles. The highest BCUT2D eigenvalue weighted by Crippen LogP contribution is 2.37. The lowest BCUT2D eigenvalue weighted by atomic mass is 9.95. The molecule has 13 nitrogen and oxygen atoms in total. The van der Waals surface area contributed by atoms with Gasteiger partial charge in [-0.1, -0.05) is 49.4 Å². The molecule has 20 heteroatoms. The highest BCUT2D eigenvalue weighted by molar-refractivity contribution is 7.13. The molecule has 0 bridgehead atoms. The number of hydrogen-bond donors (Lipinski definition) is 5. The third-order valence-corrected chi connectivity index (χ3v) is 9.09. The minimum absolute atomic E-state index is 0.0510. The number of aliphatic carboxylic acids is 2. The van der Waals surface area contributed by atoms with Gasteiger partial charge in [0.1, 0.15) is 23.2 Å². The number of thiazole rings is 1. The summed E-state index contributed by atoms with van der Waals surface area (Å²) in [6.45, 7) is 6.29. The Kier molecular flexibility index (Phi) is 15.8. The summed E-state index contributed by atoms with van der Waals surface area (Å²) in [6, 6.07) is 23.2. The van der Waals surface area contributed by atoms with Gasteiger partial charge in [0.25, 0.3) is 0 Å². The van der Waals surface area contributed by atoms with Gasteiger partial charge in [0.2, 0.25) is 0 Å². The van der Waals surface area contributed by atoms with E-state index >= 15 is 0 Å². The van der Waals surface area contributed by atoms with Gasteiger partial charge in [-0.15, -0.1) is 11.3 Å². The summed E-state index contributed by atoms with van der Waals surface area (Å²) in [5.74, 6) is -3.92. The lowest BCUT2D eigenvalue weighted by Crippen LogP contribution is -2.31. The number of benzene rings is 3. The predicted octanol–water partition coefficient (Wildman–Crippen LogP) is 6.61. The van der Waals surface area contributed by atoms with Crippen LogP contribution in [0.4, 0.5) is 31.1 Å². The molecule has 58 heavy (non-hydrogen) atoms. The van der Waals surface area contributed by atoms with Gasteiger partial charge < -0.3 is 40.8 Å². The van der Waals surface area contributed by atoms with E-state index < -0.39 is 24.3 Å². The van der Waals surface area contributed by atoms with Crippen LogP contribution in [0.25, 0.3) is 38.6 Å². The molecule has 0 unspecified atom stereocenters. The lowest BCUT2D eigenvalue weighted by Gasteiger charge is -2.17. The summed E-state index contributed by atoms with van der Waals surface area (Å²) in [5, 5.41) is 23.4. The number of rotatable bonds is 13. The van der Waals surface area contributed by atoms with Crippen LogP contribution in [0.15, 0.2) is 84.5 Å². The van der Waals surface area contributed by atoms with Crippen molar-refractivity contribution in [3.05, 3.63) is 95.9 Å². The minimum atomic E-state index is -5.08. The fourth-order valence-corrected chi connectivity index (χ4v) is 6.28. The molecule has 3 heterocycles. The number of carbonyl (C=O) groups is 3. The van der Waals surface area contributed by atoms with E-state index in [1.54, 1.807) is 22.4 Å². The summed E-state index contributed by atoms with van der Waals surface area (Å²) in [6.07, 6.45) is -5.50. The van der Waals surface area contributed by atoms with Gasteiger partial charge in [-0.3, -0.25) is 0 Å². The maximum absolute atomic E-state index is 12.1. The van der Waals surface area contributed by atoms with Crippen LogP contribution in [0.3, 0.4) is 0 Å². The van der Waals surface area contributed by atoms with Gasteiger partial charge in [0.05, 0.1) is 30.0 Å². The highest BCUT2D eigenvalue weighted by Gasteiger charge is 2.39. The quantitative estimate of drug-likeness (QED) is 0.0639. The van der Waals surface area contributed by atoms with E-state index in [4.69, 9.17) is 35.3 Å². The van der Waals surface area contributed by atoms with Crippen LogP contribution in [0, 0.1) is 0 Å². The molecule has 3 aromatic carbocycles. The molecule has 0 atom stereocenters. The van der Waals surface area contributed by atoms with Crippen LogP contribution in [0.1, 0.15) is 18.3 Å². The molecule has 1 aliphatic heterocycles. The van der Waals surface area contributed by atoms with Gasteiger partial charge in [0.15, 0.2) is 0 Å². The molecule has 0 saturated carbocycles. The first-order valence-electron chi connectivity index (χ1n) is 17.5. The smallest absolute Gasteiger partial charge is 0.490 e. The number of ether oxygens (including phenoxy) is 1. The van der Waals surface area contributed by atoms with Gasteiger partial charge in [-0.2, -0.15) is 26.3 Å². The average Bonchev–Trinajstić information content (AvgIpc) is 3.97. The second-order valence-corrected chi connectivity index (χ2v) is 13.0. The maximum atomic E-state index is 12.1. The van der Waals surface area contributed by atoms with Gasteiger partial charge in [0, 0.05) is 55.6 Å². The Morgan fingerprint density at radius 2 is 1.64 bits per heavy atom. The number of halogens is 6. The molecule has 6 N–H and O–H groups in total. The number of nitrogens with two attached hydrogens (primary N) is 1. The zero-order valence-electron chi connectivity index (χ0n) is 30.8. The minimum Gasteiger partial charge on any atom is -0.491 e. The summed E-state index contributed by atoms with van der Waals surface area (Å²) in [7, 11) is 0. The van der Waals surface area contributed by atoms with E-state index in [0.717, 1.165) is 39.8 Å². The second-order valence-electron chi connectivity index (χ2n) is 12.2. The number of hydrogen-bond acceptors (Lipinski definition) is 9. The number of amides is 2. The van der Waals surface area contributed by atoms with Crippen molar-refractivity contribution in [2.45, 2.75) is 32.2 Å². The number of urea groups is 1. The van der Waals surface area contributed by atoms with E-state index in [1.165, 1.54) is 16.7 Å². The molecule has 310 valence electrons. The zero-order chi connectivity index (χ0) is 42.5. The first-order valence-corrected chi connectivity index (χ1v) is 18.4. The molecule has 0 aliphatic carbocycles. The number of carboxylic acids is 2. The molecule has 5 aromatic rings. The van der Waals surface area contributed by atoms with Crippen molar-refractivity contribution >= 4 is 29.3 Å². The van der Waals surface area contributed by atoms with Gasteiger partial charge >= 0.3 is 30.3 Å². The number of nitrogens with one attached hydrogen (secondary N) is 2. The molecule has 0 spiro atoms. The predicted molar refractivity (Wildman–Crippen MR) is 204 cm³/mol. The van der Waals surface area contributed by atoms with Crippen molar-refractivity contribution in [1.82, 2.24) is 30.1 Å². The van der Waals surface area contributed by atoms with E-state index in [-0.39, 0.29) is 6.03 Å². The molecular weight excluding hydrogens is 797 g/mol. The summed E-state index contributed by atoms with van der Waals surface area (Å²) >= 11 is 1.60. The summed E-state index contributed by atoms with van der Waals surface area (Å²) < 4.78 is 71.9. The van der Waals surface area contributed by atoms with E-state index in [1.807, 2.05) is 22.9 Å². The van der Waals surface area contributed by atoms with Crippen molar-refractivity contribution in [3.63, 3.8) is 0 Å². The topological polar surface area (TPSA) is 185 Å². The number of aromatic nitrogens is 3. The van der Waals surface area contributed by atoms with Gasteiger partial charge in [-0.25, -0.2) is 24.4 Å². The third-order valence-electron chi connectivity index (χ3n) is 8.22. The van der Waals surface area contributed by atoms with Crippen molar-refractivity contribution in [1.29, 1.82) is 0 Å². The maximum Gasteiger partial charge on any atom is 0.490 e. The number of carbonyl (C=O) groups excluding carboxylic acids is 1. The van der Waals surface area contributed by atoms with Gasteiger partial charge in [-0.05, 0) is 41.3 Å². The van der Waals surface area contributed by atoms with E-state index in [0.29, 0.717) is 51.6 Å². The largest absolute Gasteiger partial charge is 0.491 e. The Labute approximate surface area is 332 Å². The summed E-state index contributed by atoms with van der Waals surface area (Å²) in [4.78, 5) is 41.2. The van der Waals surface area contributed by atoms with E-state index in [2.05, 4.69) is 82.5 Å². The highest BCUT2D eigenvalue weighted by atomic mass is 32.1. The number of nitrogens with zero attached hydrogens (tertiary/aromatic N) is 4. The van der Waals surface area contributed by atoms with Crippen LogP contribution in [-0.4, -0.2) is 99.3 Å². The molecule has 1 fully saturated rings. The molecule has 2 aromatic heterocycles. The molecule has 6 rings (SSSR count). The fourth-order valence-electron chi connectivity index (χ4n) is 5.42. The zero-order valence-corrected chi connectivity index (χ0v) is 31.6. The van der Waals surface area contributed by atoms with Crippen molar-refractivity contribution in [3.8, 4) is 44.4 Å². The van der Waals surface area contributed by atoms with Crippen LogP contribution < -0.4 is 21.1 Å². The van der Waals surface area contributed by atoms with Crippen LogP contribution in [0.5, 0.6) is 5.75 Å². The van der Waals surface area contributed by atoms with Crippen molar-refractivity contribution in [2.24, 2.45) is 5.73 Å². The fraction of sp³-hybridized carbons (Fsp3) is 0.289. The molecule has 2 amide bonds. The van der Waals surface area contributed by atoms with Crippen molar-refractivity contribution in [2.75, 3.05) is 39.3 Å². The Morgan fingerprint density at radius 1 is 0.966 bits per heavy atom. The van der Waals surface area contributed by atoms with Crippen LogP contribution in [0.2, 0.25) is 0 Å². The SMILES string of the molecule is CCc1cc(-c2csc(-c3ccc(-n4ccnc4CNCCN)cc3OCCN3CCNC3=O)n2)ccc1-c1ccccc1.O=C(O)C(F)(F)F.O=C(O)C(F)(F)F. The molecular formula is C38H39F6N7O6S. The Balaban J connectivity index is 0.000000456. The number of imidazole rings is 1. The normalized spacial score (nSPS) is 12.6. The Bertz CT molecular complexity index is 2120. The third kappa shape index (κ3) is 12.5. The first kappa shape index (κ1) is 44.7. The molecule has 0 radical (unpaired) electrons. The van der Waals surface area contributed by atoms with E-state index in [9.17, 15) is 31.1 Å². The Morgan fingerprint density at radius 3 is 2.24 bits per heavy atom. The number of carboxylic acid groups (broad SMARTS) is 2. The lowest BCUT2D eigenvalue weighted by molar-refractivity contribution is -0.193. The number of aryl methyl sites for hydroxylation is 1. The molecule has 1 aliphatic rings. The van der Waals surface area contributed by atoms with Crippen LogP contribution in [-0.2, 0) is 22.6 Å². The van der Waals surface area contributed by atoms with Crippen LogP contribution >= 0.6 is 11.3 Å². The number of alkyl halides is 6. The average molecular weight is 836 g/mol. The van der Waals surface area contributed by atoms with Crippen molar-refractivity contribution < 1.29 is 55.7 Å². The first-order chi connectivity index (χ1) is 27.5. The Hall–Kier alpha value is -5.99. The second kappa shape index (κ2) is 20.4. The standard InChI is InChI=1S/C34H37N7O2S.2C2HF3O2/c1-2-24-20-26(8-10-28(24)25-6-4-3-5-7-25)30-23-44-33(39-30)29-11-9-27(41-17-15-37-32(41)22-36-13-12-35)21-31(29)43-19-18-40-16-14-38-34(40)42;2*3-2(4,5)1(6)7/h3-11,15,17,20-21,23,36H,2,12-14,16,18-19,22,35H2,1H3,(H,38,42);2*(H,6,7). The monoisotopic (exact) mass is 835 g/mol.